The monoisotopic (exact) mass is 754 g/mol. The fourth-order valence-corrected chi connectivity index (χ4v) is 6.58. The SMILES string of the molecule is C(=C\c1ccnc(-c2cc(/C=C/c3ccc(N(Cc4ccccn4)Cc4ccccn4)cc3)ccn2)c1)/c1ccc(N(Cc2ccccn2)Cc2ccccn2)cc1. The lowest BCUT2D eigenvalue weighted by atomic mass is 10.1. The molecule has 8 heteroatoms. The van der Waals surface area contributed by atoms with Gasteiger partial charge >= 0.3 is 0 Å². The van der Waals surface area contributed by atoms with Crippen molar-refractivity contribution in [2.75, 3.05) is 9.80 Å². The Morgan fingerprint density at radius 2 is 0.638 bits per heavy atom. The second-order valence-corrected chi connectivity index (χ2v) is 13.8. The first-order chi connectivity index (χ1) is 28.7. The molecule has 0 fully saturated rings. The molecule has 2 aromatic carbocycles. The van der Waals surface area contributed by atoms with Gasteiger partial charge in [-0.15, -0.1) is 0 Å². The summed E-state index contributed by atoms with van der Waals surface area (Å²) in [5.74, 6) is 0. The van der Waals surface area contributed by atoms with Crippen LogP contribution >= 0.6 is 0 Å². The Morgan fingerprint density at radius 1 is 0.310 bits per heavy atom. The zero-order valence-electron chi connectivity index (χ0n) is 32.0. The van der Waals surface area contributed by atoms with E-state index in [-0.39, 0.29) is 0 Å². The third-order valence-electron chi connectivity index (χ3n) is 9.60. The van der Waals surface area contributed by atoms with Gasteiger partial charge < -0.3 is 9.80 Å². The number of hydrogen-bond acceptors (Lipinski definition) is 8. The van der Waals surface area contributed by atoms with Crippen molar-refractivity contribution in [3.05, 3.63) is 228 Å². The quantitative estimate of drug-likeness (QED) is 0.102. The molecule has 0 N–H and O–H groups in total. The molecule has 6 heterocycles. The van der Waals surface area contributed by atoms with Crippen LogP contribution in [0.1, 0.15) is 45.0 Å². The lowest BCUT2D eigenvalue weighted by Gasteiger charge is -2.24. The Bertz CT molecular complexity index is 2280. The van der Waals surface area contributed by atoms with Crippen molar-refractivity contribution in [1.29, 1.82) is 0 Å². The molecular weight excluding hydrogens is 713 g/mol. The third-order valence-corrected chi connectivity index (χ3v) is 9.60. The van der Waals surface area contributed by atoms with Gasteiger partial charge in [-0.05, 0) is 119 Å². The second kappa shape index (κ2) is 18.8. The lowest BCUT2D eigenvalue weighted by molar-refractivity contribution is 0.765. The van der Waals surface area contributed by atoms with Crippen molar-refractivity contribution in [3.63, 3.8) is 0 Å². The molecule has 0 unspecified atom stereocenters. The molecule has 0 aliphatic carbocycles. The summed E-state index contributed by atoms with van der Waals surface area (Å²) in [6.45, 7) is 2.74. The third kappa shape index (κ3) is 10.4. The Balaban J connectivity index is 0.928. The molecule has 0 atom stereocenters. The van der Waals surface area contributed by atoms with E-state index in [2.05, 4.69) is 149 Å². The van der Waals surface area contributed by atoms with E-state index in [1.54, 1.807) is 0 Å². The van der Waals surface area contributed by atoms with Crippen LogP contribution in [0.4, 0.5) is 11.4 Å². The van der Waals surface area contributed by atoms with Crippen LogP contribution < -0.4 is 9.80 Å². The van der Waals surface area contributed by atoms with Gasteiger partial charge in [-0.1, -0.05) is 72.8 Å². The molecule has 0 spiro atoms. The highest BCUT2D eigenvalue weighted by Crippen LogP contribution is 2.24. The predicted molar refractivity (Wildman–Crippen MR) is 235 cm³/mol. The minimum Gasteiger partial charge on any atom is -0.360 e. The maximum atomic E-state index is 4.66. The van der Waals surface area contributed by atoms with E-state index in [9.17, 15) is 0 Å². The number of aromatic nitrogens is 6. The van der Waals surface area contributed by atoms with Crippen LogP contribution in [0.2, 0.25) is 0 Å². The van der Waals surface area contributed by atoms with Gasteiger partial charge in [0, 0.05) is 48.6 Å². The zero-order chi connectivity index (χ0) is 39.2. The topological polar surface area (TPSA) is 83.8 Å². The van der Waals surface area contributed by atoms with Gasteiger partial charge in [-0.2, -0.15) is 0 Å². The molecule has 0 bridgehead atoms. The van der Waals surface area contributed by atoms with Gasteiger partial charge in [0.2, 0.25) is 0 Å². The summed E-state index contributed by atoms with van der Waals surface area (Å²) in [5, 5.41) is 0. The maximum absolute atomic E-state index is 4.66. The van der Waals surface area contributed by atoms with Crippen molar-refractivity contribution in [2.45, 2.75) is 26.2 Å². The fourth-order valence-electron chi connectivity index (χ4n) is 6.58. The molecular formula is C50H42N8. The highest BCUT2D eigenvalue weighted by atomic mass is 15.1. The summed E-state index contributed by atoms with van der Waals surface area (Å²) in [6.07, 6.45) is 19.5. The number of hydrogen-bond donors (Lipinski definition) is 0. The average molecular weight is 755 g/mol. The first-order valence-electron chi connectivity index (χ1n) is 19.3. The van der Waals surface area contributed by atoms with Gasteiger partial charge in [-0.3, -0.25) is 29.9 Å². The van der Waals surface area contributed by atoms with Crippen LogP contribution in [-0.2, 0) is 26.2 Å². The van der Waals surface area contributed by atoms with Crippen LogP contribution in [0.3, 0.4) is 0 Å². The first kappa shape index (κ1) is 37.3. The van der Waals surface area contributed by atoms with Gasteiger partial charge in [0.05, 0.1) is 60.3 Å². The molecule has 8 rings (SSSR count). The summed E-state index contributed by atoms with van der Waals surface area (Å²) >= 11 is 0. The Kier molecular flexibility index (Phi) is 12.1. The number of rotatable bonds is 15. The van der Waals surface area contributed by atoms with E-state index in [0.717, 1.165) is 67.8 Å². The van der Waals surface area contributed by atoms with Crippen LogP contribution in [0.5, 0.6) is 0 Å². The molecule has 0 amide bonds. The number of benzene rings is 2. The summed E-state index contributed by atoms with van der Waals surface area (Å²) in [6, 6.07) is 49.4. The summed E-state index contributed by atoms with van der Waals surface area (Å²) in [7, 11) is 0. The van der Waals surface area contributed by atoms with E-state index in [1.165, 1.54) is 0 Å². The van der Waals surface area contributed by atoms with Crippen LogP contribution in [-0.4, -0.2) is 29.9 Å². The molecule has 0 aliphatic rings. The van der Waals surface area contributed by atoms with Crippen molar-refractivity contribution < 1.29 is 0 Å². The van der Waals surface area contributed by atoms with Gasteiger partial charge in [-0.25, -0.2) is 0 Å². The zero-order valence-corrected chi connectivity index (χ0v) is 32.0. The number of nitrogens with zero attached hydrogens (tertiary/aromatic N) is 8. The summed E-state index contributed by atoms with van der Waals surface area (Å²) < 4.78 is 0. The second-order valence-electron chi connectivity index (χ2n) is 13.8. The molecule has 0 radical (unpaired) electrons. The van der Waals surface area contributed by atoms with Crippen LogP contribution in [0.15, 0.2) is 183 Å². The highest BCUT2D eigenvalue weighted by molar-refractivity contribution is 5.75. The summed E-state index contributed by atoms with van der Waals surface area (Å²) in [5.41, 5.74) is 12.2. The molecule has 0 saturated heterocycles. The van der Waals surface area contributed by atoms with Crippen LogP contribution in [0, 0.1) is 0 Å². The van der Waals surface area contributed by atoms with Gasteiger partial charge in [0.25, 0.3) is 0 Å². The molecule has 8 aromatic rings. The van der Waals surface area contributed by atoms with E-state index < -0.39 is 0 Å². The van der Waals surface area contributed by atoms with E-state index >= 15 is 0 Å². The normalized spacial score (nSPS) is 11.2. The van der Waals surface area contributed by atoms with Gasteiger partial charge in [0.15, 0.2) is 0 Å². The minimum absolute atomic E-state index is 0.686. The van der Waals surface area contributed by atoms with E-state index in [4.69, 9.17) is 0 Å². The Morgan fingerprint density at radius 3 is 0.948 bits per heavy atom. The van der Waals surface area contributed by atoms with E-state index in [1.807, 2.05) is 97.8 Å². The standard InChI is InChI=1S/C50H42N8/c1-5-27-51-43(9-1)35-57(36-44-10-2-6-28-52-44)47-21-17-39(18-22-47)13-15-41-25-31-55-49(33-41)50-34-42(26-32-56-50)16-14-40-19-23-48(24-20-40)58(37-45-11-3-7-29-53-45)38-46-12-4-8-30-54-46/h1-34H,35-38H2/b15-13+,16-14+. The molecule has 0 aliphatic heterocycles. The van der Waals surface area contributed by atoms with Crippen molar-refractivity contribution in [2.24, 2.45) is 0 Å². The lowest BCUT2D eigenvalue weighted by Crippen LogP contribution is -2.23. The smallest absolute Gasteiger partial charge is 0.0892 e. The first-order valence-corrected chi connectivity index (χ1v) is 19.3. The minimum atomic E-state index is 0.686. The largest absolute Gasteiger partial charge is 0.360 e. The Labute approximate surface area is 339 Å². The summed E-state index contributed by atoms with van der Waals surface area (Å²) in [4.78, 5) is 32.1. The van der Waals surface area contributed by atoms with Crippen molar-refractivity contribution in [1.82, 2.24) is 29.9 Å². The molecule has 0 saturated carbocycles. The van der Waals surface area contributed by atoms with Crippen molar-refractivity contribution >= 4 is 35.7 Å². The highest BCUT2D eigenvalue weighted by Gasteiger charge is 2.12. The number of pyridine rings is 6. The average Bonchev–Trinajstić information content (AvgIpc) is 3.29. The van der Waals surface area contributed by atoms with Crippen LogP contribution in [0.25, 0.3) is 35.7 Å². The molecule has 6 aromatic heterocycles. The van der Waals surface area contributed by atoms with Crippen molar-refractivity contribution in [3.8, 4) is 11.4 Å². The molecule has 58 heavy (non-hydrogen) atoms. The predicted octanol–water partition coefficient (Wildman–Crippen LogP) is 10.5. The maximum Gasteiger partial charge on any atom is 0.0892 e. The van der Waals surface area contributed by atoms with E-state index in [0.29, 0.717) is 26.2 Å². The molecule has 282 valence electrons. The Hall–Kier alpha value is -7.58. The molecule has 8 nitrogen and oxygen atoms in total. The number of anilines is 2. The fraction of sp³-hybridized carbons (Fsp3) is 0.0800. The van der Waals surface area contributed by atoms with Gasteiger partial charge in [0.1, 0.15) is 0 Å².